The van der Waals surface area contributed by atoms with E-state index in [0.29, 0.717) is 18.4 Å². The molecule has 2 saturated heterocycles. The molecule has 1 amide bonds. The molecule has 0 radical (unpaired) electrons. The van der Waals surface area contributed by atoms with Gasteiger partial charge in [0, 0.05) is 38.3 Å². The fraction of sp³-hybridized carbons (Fsp3) is 0.571. The Labute approximate surface area is 113 Å². The van der Waals surface area contributed by atoms with Gasteiger partial charge in [-0.2, -0.15) is 0 Å². The van der Waals surface area contributed by atoms with Gasteiger partial charge in [-0.15, -0.1) is 0 Å². The van der Waals surface area contributed by atoms with Crippen molar-refractivity contribution >= 4 is 17.3 Å². The number of rotatable bonds is 1. The van der Waals surface area contributed by atoms with Gasteiger partial charge in [-0.25, -0.2) is 0 Å². The first-order valence-electron chi connectivity index (χ1n) is 6.91. The van der Waals surface area contributed by atoms with E-state index < -0.39 is 0 Å². The zero-order valence-electron chi connectivity index (χ0n) is 11.3. The van der Waals surface area contributed by atoms with E-state index in [-0.39, 0.29) is 0 Å². The van der Waals surface area contributed by atoms with Crippen LogP contribution in [0.4, 0.5) is 11.4 Å². The van der Waals surface area contributed by atoms with E-state index in [1.807, 2.05) is 18.0 Å². The molecule has 2 fully saturated rings. The summed E-state index contributed by atoms with van der Waals surface area (Å²) in [5, 5.41) is 0. The normalized spacial score (nSPS) is 23.4. The topological polar surface area (TPSA) is 62.5 Å². The number of aryl methyl sites for hydroxylation is 1. The average molecular weight is 260 g/mol. The lowest BCUT2D eigenvalue weighted by molar-refractivity contribution is -0.136. The molecule has 2 aliphatic rings. The molecule has 0 aliphatic carbocycles. The third kappa shape index (κ3) is 2.13. The van der Waals surface area contributed by atoms with Gasteiger partial charge in [-0.1, -0.05) is 0 Å². The number of anilines is 2. The van der Waals surface area contributed by atoms with Crippen molar-refractivity contribution < 1.29 is 4.79 Å². The van der Waals surface area contributed by atoms with E-state index in [1.165, 1.54) is 0 Å². The number of hydrogen-bond acceptors (Lipinski definition) is 4. The van der Waals surface area contributed by atoms with Gasteiger partial charge in [0.25, 0.3) is 0 Å². The van der Waals surface area contributed by atoms with Crippen molar-refractivity contribution in [3.05, 3.63) is 18.0 Å². The first kappa shape index (κ1) is 12.3. The second-order valence-electron chi connectivity index (χ2n) is 5.47. The van der Waals surface area contributed by atoms with Gasteiger partial charge >= 0.3 is 0 Å². The zero-order valence-corrected chi connectivity index (χ0v) is 11.3. The van der Waals surface area contributed by atoms with Crippen molar-refractivity contribution in [2.75, 3.05) is 30.3 Å². The van der Waals surface area contributed by atoms with Crippen LogP contribution >= 0.6 is 0 Å². The zero-order chi connectivity index (χ0) is 13.4. The minimum Gasteiger partial charge on any atom is -0.396 e. The maximum Gasteiger partial charge on any atom is 0.222 e. The molecule has 0 aromatic carbocycles. The smallest absolute Gasteiger partial charge is 0.222 e. The fourth-order valence-corrected chi connectivity index (χ4v) is 3.28. The first-order chi connectivity index (χ1) is 9.16. The summed E-state index contributed by atoms with van der Waals surface area (Å²) in [6, 6.07) is 0.349. The minimum atomic E-state index is 0.315. The van der Waals surface area contributed by atoms with E-state index in [9.17, 15) is 4.79 Å². The molecule has 0 saturated carbocycles. The lowest BCUT2D eigenvalue weighted by Crippen LogP contribution is -2.57. The van der Waals surface area contributed by atoms with Crippen LogP contribution in [-0.2, 0) is 4.79 Å². The SMILES string of the molecule is Cc1cncc(N)c1N1CCN2C(=O)CCCC2C1. The number of amides is 1. The number of hydrogen-bond donors (Lipinski definition) is 1. The predicted molar refractivity (Wildman–Crippen MR) is 75.0 cm³/mol. The summed E-state index contributed by atoms with van der Waals surface area (Å²) >= 11 is 0. The van der Waals surface area contributed by atoms with Gasteiger partial charge in [0.05, 0.1) is 17.6 Å². The molecule has 1 atom stereocenters. The Hall–Kier alpha value is -1.78. The molecular formula is C14H20N4O. The highest BCUT2D eigenvalue weighted by atomic mass is 16.2. The van der Waals surface area contributed by atoms with E-state index in [0.717, 1.165) is 49.4 Å². The van der Waals surface area contributed by atoms with Crippen molar-refractivity contribution in [1.29, 1.82) is 0 Å². The van der Waals surface area contributed by atoms with Crippen LogP contribution < -0.4 is 10.6 Å². The predicted octanol–water partition coefficient (Wildman–Crippen LogP) is 1.17. The molecule has 102 valence electrons. The summed E-state index contributed by atoms with van der Waals surface area (Å²) in [7, 11) is 0. The number of carbonyl (C=O) groups excluding carboxylic acids is 1. The summed E-state index contributed by atoms with van der Waals surface area (Å²) in [6.45, 7) is 4.60. The van der Waals surface area contributed by atoms with E-state index >= 15 is 0 Å². The van der Waals surface area contributed by atoms with Gasteiger partial charge in [0.2, 0.25) is 5.91 Å². The Kier molecular flexibility index (Phi) is 3.05. The summed E-state index contributed by atoms with van der Waals surface area (Å²) in [5.41, 5.74) is 8.99. The van der Waals surface area contributed by atoms with Crippen LogP contribution in [0.1, 0.15) is 24.8 Å². The van der Waals surface area contributed by atoms with Crippen LogP contribution in [-0.4, -0.2) is 41.5 Å². The van der Waals surface area contributed by atoms with Crippen LogP contribution in [0.15, 0.2) is 12.4 Å². The number of nitrogens with two attached hydrogens (primary N) is 1. The van der Waals surface area contributed by atoms with Gasteiger partial charge in [0.1, 0.15) is 0 Å². The molecule has 1 aromatic heterocycles. The largest absolute Gasteiger partial charge is 0.396 e. The highest BCUT2D eigenvalue weighted by Gasteiger charge is 2.33. The second kappa shape index (κ2) is 4.72. The second-order valence-corrected chi connectivity index (χ2v) is 5.47. The third-order valence-electron chi connectivity index (χ3n) is 4.18. The number of pyridine rings is 1. The maximum absolute atomic E-state index is 11.9. The fourth-order valence-electron chi connectivity index (χ4n) is 3.28. The van der Waals surface area contributed by atoms with Crippen LogP contribution in [0.3, 0.4) is 0 Å². The molecule has 0 bridgehead atoms. The third-order valence-corrected chi connectivity index (χ3v) is 4.18. The average Bonchev–Trinajstić information content (AvgIpc) is 2.39. The molecule has 5 nitrogen and oxygen atoms in total. The number of fused-ring (bicyclic) bond motifs is 1. The molecule has 3 heterocycles. The van der Waals surface area contributed by atoms with Crippen molar-refractivity contribution in [1.82, 2.24) is 9.88 Å². The van der Waals surface area contributed by atoms with Crippen LogP contribution in [0.2, 0.25) is 0 Å². The molecule has 5 heteroatoms. The Morgan fingerprint density at radius 2 is 2.21 bits per heavy atom. The standard InChI is InChI=1S/C14H20N4O/c1-10-7-16-8-12(15)14(10)17-5-6-18-11(9-17)3-2-4-13(18)19/h7-8,11H,2-6,9,15H2,1H3. The maximum atomic E-state index is 11.9. The number of piperazine rings is 1. The number of nitrogens with zero attached hydrogens (tertiary/aromatic N) is 3. The molecule has 1 aromatic rings. The molecular weight excluding hydrogens is 240 g/mol. The Morgan fingerprint density at radius 3 is 3.00 bits per heavy atom. The quantitative estimate of drug-likeness (QED) is 0.823. The minimum absolute atomic E-state index is 0.315. The van der Waals surface area contributed by atoms with E-state index in [4.69, 9.17) is 5.73 Å². The van der Waals surface area contributed by atoms with Gasteiger partial charge in [0.15, 0.2) is 0 Å². The highest BCUT2D eigenvalue weighted by molar-refractivity contribution is 5.78. The molecule has 2 aliphatic heterocycles. The molecule has 2 N–H and O–H groups in total. The monoisotopic (exact) mass is 260 g/mol. The van der Waals surface area contributed by atoms with Crippen LogP contribution in [0, 0.1) is 6.92 Å². The molecule has 0 spiro atoms. The first-order valence-corrected chi connectivity index (χ1v) is 6.91. The Balaban J connectivity index is 1.83. The number of aromatic nitrogens is 1. The van der Waals surface area contributed by atoms with Crippen molar-refractivity contribution in [3.8, 4) is 0 Å². The van der Waals surface area contributed by atoms with E-state index in [1.54, 1.807) is 6.20 Å². The Morgan fingerprint density at radius 1 is 1.37 bits per heavy atom. The van der Waals surface area contributed by atoms with Crippen molar-refractivity contribution in [2.45, 2.75) is 32.2 Å². The van der Waals surface area contributed by atoms with Gasteiger partial charge in [-0.3, -0.25) is 9.78 Å². The summed E-state index contributed by atoms with van der Waals surface area (Å²) in [4.78, 5) is 20.4. The molecule has 1 unspecified atom stereocenters. The van der Waals surface area contributed by atoms with Crippen LogP contribution in [0.25, 0.3) is 0 Å². The van der Waals surface area contributed by atoms with Crippen molar-refractivity contribution in [2.24, 2.45) is 0 Å². The number of carbonyl (C=O) groups is 1. The lowest BCUT2D eigenvalue weighted by Gasteiger charge is -2.45. The highest BCUT2D eigenvalue weighted by Crippen LogP contribution is 2.30. The van der Waals surface area contributed by atoms with E-state index in [2.05, 4.69) is 9.88 Å². The van der Waals surface area contributed by atoms with Gasteiger partial charge in [-0.05, 0) is 25.3 Å². The summed E-state index contributed by atoms with van der Waals surface area (Å²) in [6.07, 6.45) is 6.39. The summed E-state index contributed by atoms with van der Waals surface area (Å²) in [5.74, 6) is 0.315. The lowest BCUT2D eigenvalue weighted by atomic mass is 9.98. The number of nitrogen functional groups attached to an aromatic ring is 1. The number of piperidine rings is 1. The van der Waals surface area contributed by atoms with Crippen molar-refractivity contribution in [3.63, 3.8) is 0 Å². The van der Waals surface area contributed by atoms with Crippen LogP contribution in [0.5, 0.6) is 0 Å². The Bertz CT molecular complexity index is 482. The molecule has 3 rings (SSSR count). The summed E-state index contributed by atoms with van der Waals surface area (Å²) < 4.78 is 0. The molecule has 19 heavy (non-hydrogen) atoms. The van der Waals surface area contributed by atoms with Gasteiger partial charge < -0.3 is 15.5 Å².